The zero-order chi connectivity index (χ0) is 13.4. The molecule has 0 aliphatic heterocycles. The van der Waals surface area contributed by atoms with E-state index in [1.165, 1.54) is 22.2 Å². The van der Waals surface area contributed by atoms with Gasteiger partial charge in [-0.25, -0.2) is 14.3 Å². The molecular weight excluding hydrogens is 258 g/mol. The molecule has 0 aromatic carbocycles. The molecule has 0 amide bonds. The molecule has 0 unspecified atom stereocenters. The first-order chi connectivity index (χ1) is 8.41. The molecular formula is C10H9N3O4S. The molecule has 7 nitrogen and oxygen atoms in total. The number of nitrogens with zero attached hydrogens (tertiary/aromatic N) is 3. The molecule has 8 heteroatoms. The number of aromatic nitrogens is 3. The molecule has 2 N–H and O–H groups in total. The van der Waals surface area contributed by atoms with Gasteiger partial charge in [-0.2, -0.15) is 0 Å². The summed E-state index contributed by atoms with van der Waals surface area (Å²) in [5.74, 6) is -2.28. The first-order valence-corrected chi connectivity index (χ1v) is 5.72. The van der Waals surface area contributed by atoms with Crippen molar-refractivity contribution in [3.63, 3.8) is 0 Å². The fourth-order valence-corrected chi connectivity index (χ4v) is 2.55. The van der Waals surface area contributed by atoms with Crippen LogP contribution in [0, 0.1) is 13.8 Å². The van der Waals surface area contributed by atoms with Crippen LogP contribution in [0.4, 0.5) is 0 Å². The monoisotopic (exact) mass is 267 g/mol. The molecule has 0 radical (unpaired) electrons. The van der Waals surface area contributed by atoms with Gasteiger partial charge in [-0.3, -0.25) is 0 Å². The Morgan fingerprint density at radius 2 is 1.94 bits per heavy atom. The second-order valence-corrected chi connectivity index (χ2v) is 4.83. The van der Waals surface area contributed by atoms with Gasteiger partial charge in [-0.15, -0.1) is 16.4 Å². The van der Waals surface area contributed by atoms with Crippen LogP contribution >= 0.6 is 11.3 Å². The van der Waals surface area contributed by atoms with Crippen LogP contribution in [-0.4, -0.2) is 37.1 Å². The van der Waals surface area contributed by atoms with E-state index in [1.54, 1.807) is 13.8 Å². The number of carboxylic acid groups (broad SMARTS) is 2. The summed E-state index contributed by atoms with van der Waals surface area (Å²) in [6, 6.07) is 0. The van der Waals surface area contributed by atoms with E-state index in [1.807, 2.05) is 0 Å². The van der Waals surface area contributed by atoms with Gasteiger partial charge in [0, 0.05) is 4.88 Å². The molecule has 2 heterocycles. The molecule has 2 aromatic rings. The van der Waals surface area contributed by atoms with E-state index in [0.717, 1.165) is 4.88 Å². The summed E-state index contributed by atoms with van der Waals surface area (Å²) < 4.78 is 1.18. The van der Waals surface area contributed by atoms with Crippen molar-refractivity contribution in [3.05, 3.63) is 27.9 Å². The number of hydrogen-bond acceptors (Lipinski definition) is 5. The minimum Gasteiger partial charge on any atom is -0.478 e. The van der Waals surface area contributed by atoms with Crippen molar-refractivity contribution < 1.29 is 19.8 Å². The molecule has 0 aliphatic rings. The van der Waals surface area contributed by atoms with Gasteiger partial charge in [0.1, 0.15) is 5.00 Å². The quantitative estimate of drug-likeness (QED) is 0.869. The first-order valence-electron chi connectivity index (χ1n) is 4.91. The molecule has 94 valence electrons. The maximum Gasteiger partial charge on any atom is 0.358 e. The van der Waals surface area contributed by atoms with Crippen LogP contribution in [0.2, 0.25) is 0 Å². The highest BCUT2D eigenvalue weighted by atomic mass is 32.1. The van der Waals surface area contributed by atoms with E-state index in [0.29, 0.717) is 10.6 Å². The number of hydrogen-bond donors (Lipinski definition) is 2. The normalized spacial score (nSPS) is 10.6. The van der Waals surface area contributed by atoms with E-state index >= 15 is 0 Å². The number of carbonyl (C=O) groups is 2. The second-order valence-electron chi connectivity index (χ2n) is 3.62. The molecule has 2 aromatic heterocycles. The lowest BCUT2D eigenvalue weighted by atomic mass is 10.1. The highest BCUT2D eigenvalue weighted by molar-refractivity contribution is 7.15. The number of rotatable bonds is 3. The fraction of sp³-hybridized carbons (Fsp3) is 0.200. The van der Waals surface area contributed by atoms with E-state index in [-0.39, 0.29) is 11.3 Å². The maximum absolute atomic E-state index is 11.2. The van der Waals surface area contributed by atoms with Gasteiger partial charge in [0.15, 0.2) is 5.69 Å². The van der Waals surface area contributed by atoms with Gasteiger partial charge < -0.3 is 10.2 Å². The summed E-state index contributed by atoms with van der Waals surface area (Å²) in [6.07, 6.45) is 1.19. The summed E-state index contributed by atoms with van der Waals surface area (Å²) in [4.78, 5) is 22.7. The van der Waals surface area contributed by atoms with Gasteiger partial charge in [-0.05, 0) is 19.4 Å². The fourth-order valence-electron chi connectivity index (χ4n) is 1.48. The smallest absolute Gasteiger partial charge is 0.358 e. The summed E-state index contributed by atoms with van der Waals surface area (Å²) >= 11 is 1.23. The molecule has 0 atom stereocenters. The summed E-state index contributed by atoms with van der Waals surface area (Å²) in [5, 5.41) is 25.4. The molecule has 2 rings (SSSR count). The lowest BCUT2D eigenvalue weighted by Gasteiger charge is -1.98. The lowest BCUT2D eigenvalue weighted by Crippen LogP contribution is -2.04. The average molecular weight is 267 g/mol. The van der Waals surface area contributed by atoms with Crippen molar-refractivity contribution in [2.24, 2.45) is 0 Å². The van der Waals surface area contributed by atoms with Crippen molar-refractivity contribution in [2.75, 3.05) is 0 Å². The minimum atomic E-state index is -1.21. The Morgan fingerprint density at radius 3 is 2.44 bits per heavy atom. The average Bonchev–Trinajstić information content (AvgIpc) is 2.84. The number of thiophene rings is 1. The SMILES string of the molecule is Cc1sc(-n2cc(C(=O)O)nn2)c(C(=O)O)c1C. The van der Waals surface area contributed by atoms with Gasteiger partial charge >= 0.3 is 11.9 Å². The third-order valence-electron chi connectivity index (χ3n) is 2.50. The zero-order valence-electron chi connectivity index (χ0n) is 9.54. The van der Waals surface area contributed by atoms with Crippen molar-refractivity contribution in [1.82, 2.24) is 15.0 Å². The Hall–Kier alpha value is -2.22. The van der Waals surface area contributed by atoms with Crippen LogP contribution in [-0.2, 0) is 0 Å². The molecule has 0 bridgehead atoms. The predicted octanol–water partition coefficient (Wildman–Crippen LogP) is 1.34. The molecule has 18 heavy (non-hydrogen) atoms. The maximum atomic E-state index is 11.2. The third-order valence-corrected chi connectivity index (χ3v) is 3.70. The lowest BCUT2D eigenvalue weighted by molar-refractivity contribution is 0.0682. The van der Waals surface area contributed by atoms with Crippen LogP contribution in [0.5, 0.6) is 0 Å². The van der Waals surface area contributed by atoms with E-state index in [4.69, 9.17) is 10.2 Å². The number of carboxylic acids is 2. The minimum absolute atomic E-state index is 0.124. The molecule has 0 spiro atoms. The van der Waals surface area contributed by atoms with E-state index < -0.39 is 11.9 Å². The molecule has 0 aliphatic carbocycles. The number of aromatic carboxylic acids is 2. The van der Waals surface area contributed by atoms with E-state index in [2.05, 4.69) is 10.3 Å². The van der Waals surface area contributed by atoms with Gasteiger partial charge in [0.2, 0.25) is 0 Å². The molecule has 0 saturated carbocycles. The Kier molecular flexibility index (Phi) is 2.87. The third kappa shape index (κ3) is 1.86. The first kappa shape index (κ1) is 12.2. The van der Waals surface area contributed by atoms with Crippen LogP contribution in [0.1, 0.15) is 31.3 Å². The summed E-state index contributed by atoms with van der Waals surface area (Å²) in [7, 11) is 0. The Balaban J connectivity index is 2.59. The topological polar surface area (TPSA) is 105 Å². The highest BCUT2D eigenvalue weighted by Gasteiger charge is 2.21. The van der Waals surface area contributed by atoms with Crippen molar-refractivity contribution in [3.8, 4) is 5.00 Å². The Bertz CT molecular complexity index is 644. The summed E-state index contributed by atoms with van der Waals surface area (Å²) in [6.45, 7) is 3.50. The van der Waals surface area contributed by atoms with Crippen molar-refractivity contribution in [2.45, 2.75) is 13.8 Å². The van der Waals surface area contributed by atoms with Gasteiger partial charge in [0.05, 0.1) is 11.8 Å². The van der Waals surface area contributed by atoms with Gasteiger partial charge in [-0.1, -0.05) is 5.21 Å². The Labute approximate surface area is 105 Å². The highest BCUT2D eigenvalue weighted by Crippen LogP contribution is 2.30. The Morgan fingerprint density at radius 1 is 1.28 bits per heavy atom. The second kappa shape index (κ2) is 4.22. The standard InChI is InChI=1S/C10H9N3O4S/c1-4-5(2)18-8(7(4)10(16)17)13-3-6(9(14)15)11-12-13/h3H,1-2H3,(H,14,15)(H,16,17). The van der Waals surface area contributed by atoms with Crippen LogP contribution in [0.3, 0.4) is 0 Å². The van der Waals surface area contributed by atoms with Crippen molar-refractivity contribution >= 4 is 23.3 Å². The largest absolute Gasteiger partial charge is 0.478 e. The zero-order valence-corrected chi connectivity index (χ0v) is 10.4. The van der Waals surface area contributed by atoms with Crippen LogP contribution in [0.25, 0.3) is 5.00 Å². The van der Waals surface area contributed by atoms with Crippen molar-refractivity contribution in [1.29, 1.82) is 0 Å². The number of aryl methyl sites for hydroxylation is 1. The molecule has 0 saturated heterocycles. The molecule has 0 fully saturated rings. The van der Waals surface area contributed by atoms with Crippen LogP contribution in [0.15, 0.2) is 6.20 Å². The van der Waals surface area contributed by atoms with Gasteiger partial charge in [0.25, 0.3) is 0 Å². The van der Waals surface area contributed by atoms with E-state index in [9.17, 15) is 9.59 Å². The summed E-state index contributed by atoms with van der Waals surface area (Å²) in [5.41, 5.74) is 0.546. The van der Waals surface area contributed by atoms with Crippen LogP contribution < -0.4 is 0 Å². The predicted molar refractivity (Wildman–Crippen MR) is 62.6 cm³/mol.